The molecule has 1 aliphatic carbocycles. The van der Waals surface area contributed by atoms with E-state index >= 15 is 0 Å². The van der Waals surface area contributed by atoms with Gasteiger partial charge in [-0.1, -0.05) is 32.4 Å². The third kappa shape index (κ3) is 3.60. The molecule has 1 saturated carbocycles. The Morgan fingerprint density at radius 2 is 1.95 bits per heavy atom. The molecule has 20 heavy (non-hydrogen) atoms. The smallest absolute Gasteiger partial charge is 0.251 e. The van der Waals surface area contributed by atoms with Gasteiger partial charge in [-0.05, 0) is 48.3 Å². The fourth-order valence-electron chi connectivity index (χ4n) is 3.16. The molecular weight excluding hydrogens is 248 g/mol. The van der Waals surface area contributed by atoms with E-state index in [2.05, 4.69) is 19.2 Å². The lowest BCUT2D eigenvalue weighted by Crippen LogP contribution is -2.43. The summed E-state index contributed by atoms with van der Waals surface area (Å²) in [6.45, 7) is 5.84. The van der Waals surface area contributed by atoms with Crippen LogP contribution in [-0.2, 0) is 6.54 Å². The third-order valence-corrected chi connectivity index (χ3v) is 4.33. The predicted octanol–water partition coefficient (Wildman–Crippen LogP) is 3.09. The summed E-state index contributed by atoms with van der Waals surface area (Å²) in [5.41, 5.74) is 7.69. The average Bonchev–Trinajstić information content (AvgIpc) is 2.41. The van der Waals surface area contributed by atoms with Crippen LogP contribution < -0.4 is 11.1 Å². The molecule has 0 unspecified atom stereocenters. The van der Waals surface area contributed by atoms with E-state index in [0.717, 1.165) is 17.7 Å². The number of amides is 1. The van der Waals surface area contributed by atoms with Gasteiger partial charge in [0.25, 0.3) is 5.91 Å². The highest BCUT2D eigenvalue weighted by Gasteiger charge is 2.37. The summed E-state index contributed by atoms with van der Waals surface area (Å²) in [4.78, 5) is 12.2. The maximum absolute atomic E-state index is 12.2. The number of hydrogen-bond acceptors (Lipinski definition) is 2. The molecular formula is C17H26N2O. The Morgan fingerprint density at radius 3 is 2.40 bits per heavy atom. The van der Waals surface area contributed by atoms with Gasteiger partial charge in [-0.3, -0.25) is 4.79 Å². The van der Waals surface area contributed by atoms with Crippen molar-refractivity contribution in [2.45, 2.75) is 46.1 Å². The highest BCUT2D eigenvalue weighted by Crippen LogP contribution is 2.45. The van der Waals surface area contributed by atoms with Crippen LogP contribution in [0.3, 0.4) is 0 Å². The SMILES string of the molecule is CC(C)CC1(CNC(=O)c2ccc(CN)cc2)CCC1. The van der Waals surface area contributed by atoms with Gasteiger partial charge in [-0.25, -0.2) is 0 Å². The molecule has 0 bridgehead atoms. The minimum absolute atomic E-state index is 0.0311. The normalized spacial score (nSPS) is 16.8. The van der Waals surface area contributed by atoms with Crippen molar-refractivity contribution in [2.75, 3.05) is 6.54 Å². The van der Waals surface area contributed by atoms with Crippen LogP contribution in [0.25, 0.3) is 0 Å². The minimum Gasteiger partial charge on any atom is -0.351 e. The lowest BCUT2D eigenvalue weighted by Gasteiger charge is -2.43. The van der Waals surface area contributed by atoms with Gasteiger partial charge in [-0.2, -0.15) is 0 Å². The van der Waals surface area contributed by atoms with Gasteiger partial charge in [0.05, 0.1) is 0 Å². The van der Waals surface area contributed by atoms with Crippen LogP contribution in [0.1, 0.15) is 55.5 Å². The van der Waals surface area contributed by atoms with Crippen molar-refractivity contribution < 1.29 is 4.79 Å². The summed E-state index contributed by atoms with van der Waals surface area (Å²) in [6, 6.07) is 7.55. The number of nitrogens with two attached hydrogens (primary N) is 1. The van der Waals surface area contributed by atoms with E-state index in [4.69, 9.17) is 5.73 Å². The Bertz CT molecular complexity index is 447. The molecule has 0 radical (unpaired) electrons. The zero-order valence-corrected chi connectivity index (χ0v) is 12.6. The summed E-state index contributed by atoms with van der Waals surface area (Å²) in [5, 5.41) is 3.11. The first-order chi connectivity index (χ1) is 9.54. The van der Waals surface area contributed by atoms with E-state index in [1.165, 1.54) is 25.7 Å². The molecule has 0 heterocycles. The van der Waals surface area contributed by atoms with Crippen molar-refractivity contribution in [3.8, 4) is 0 Å². The molecule has 1 aromatic rings. The molecule has 3 heteroatoms. The van der Waals surface area contributed by atoms with Crippen molar-refractivity contribution in [3.63, 3.8) is 0 Å². The summed E-state index contributed by atoms with van der Waals surface area (Å²) in [6.07, 6.45) is 5.00. The second-order valence-electron chi connectivity index (χ2n) is 6.54. The molecule has 1 aromatic carbocycles. The monoisotopic (exact) mass is 274 g/mol. The quantitative estimate of drug-likeness (QED) is 0.837. The Kier molecular flexibility index (Phi) is 4.81. The molecule has 3 nitrogen and oxygen atoms in total. The van der Waals surface area contributed by atoms with Crippen molar-refractivity contribution in [1.29, 1.82) is 0 Å². The molecule has 0 atom stereocenters. The minimum atomic E-state index is 0.0311. The molecule has 1 fully saturated rings. The third-order valence-electron chi connectivity index (χ3n) is 4.33. The lowest BCUT2D eigenvalue weighted by molar-refractivity contribution is 0.0781. The molecule has 110 valence electrons. The largest absolute Gasteiger partial charge is 0.351 e. The summed E-state index contributed by atoms with van der Waals surface area (Å²) in [7, 11) is 0. The van der Waals surface area contributed by atoms with Gasteiger partial charge in [0.1, 0.15) is 0 Å². The van der Waals surface area contributed by atoms with Gasteiger partial charge in [0.15, 0.2) is 0 Å². The summed E-state index contributed by atoms with van der Waals surface area (Å²) < 4.78 is 0. The van der Waals surface area contributed by atoms with Crippen LogP contribution in [0.2, 0.25) is 0 Å². The Labute approximate surface area is 121 Å². The molecule has 2 rings (SSSR count). The van der Waals surface area contributed by atoms with E-state index in [0.29, 0.717) is 17.9 Å². The first kappa shape index (κ1) is 15.0. The van der Waals surface area contributed by atoms with Crippen molar-refractivity contribution in [3.05, 3.63) is 35.4 Å². The number of carbonyl (C=O) groups is 1. The second kappa shape index (κ2) is 6.40. The zero-order valence-electron chi connectivity index (χ0n) is 12.6. The fourth-order valence-corrected chi connectivity index (χ4v) is 3.16. The number of benzene rings is 1. The second-order valence-corrected chi connectivity index (χ2v) is 6.54. The van der Waals surface area contributed by atoms with Crippen molar-refractivity contribution in [1.82, 2.24) is 5.32 Å². The van der Waals surface area contributed by atoms with E-state index in [1.54, 1.807) is 0 Å². The Hall–Kier alpha value is -1.35. The number of rotatable bonds is 6. The maximum atomic E-state index is 12.2. The van der Waals surface area contributed by atoms with Crippen LogP contribution in [0, 0.1) is 11.3 Å². The van der Waals surface area contributed by atoms with E-state index in [9.17, 15) is 4.79 Å². The molecule has 0 spiro atoms. The van der Waals surface area contributed by atoms with Gasteiger partial charge in [0, 0.05) is 18.7 Å². The lowest BCUT2D eigenvalue weighted by atomic mass is 9.64. The van der Waals surface area contributed by atoms with Crippen LogP contribution in [0.15, 0.2) is 24.3 Å². The standard InChI is InChI=1S/C17H26N2O/c1-13(2)10-17(8-3-9-17)12-19-16(20)15-6-4-14(11-18)5-7-15/h4-7,13H,3,8-12,18H2,1-2H3,(H,19,20). The van der Waals surface area contributed by atoms with Crippen LogP contribution in [-0.4, -0.2) is 12.5 Å². The van der Waals surface area contributed by atoms with Gasteiger partial charge >= 0.3 is 0 Å². The van der Waals surface area contributed by atoms with Crippen LogP contribution >= 0.6 is 0 Å². The molecule has 1 amide bonds. The van der Waals surface area contributed by atoms with Crippen LogP contribution in [0.4, 0.5) is 0 Å². The highest BCUT2D eigenvalue weighted by atomic mass is 16.1. The average molecular weight is 274 g/mol. The highest BCUT2D eigenvalue weighted by molar-refractivity contribution is 5.94. The number of carbonyl (C=O) groups excluding carboxylic acids is 1. The Balaban J connectivity index is 1.90. The van der Waals surface area contributed by atoms with E-state index < -0.39 is 0 Å². The topological polar surface area (TPSA) is 55.1 Å². The van der Waals surface area contributed by atoms with Gasteiger partial charge < -0.3 is 11.1 Å². The van der Waals surface area contributed by atoms with Crippen molar-refractivity contribution >= 4 is 5.91 Å². The molecule has 0 aromatic heterocycles. The van der Waals surface area contributed by atoms with E-state index in [-0.39, 0.29) is 5.91 Å². The van der Waals surface area contributed by atoms with Gasteiger partial charge in [-0.15, -0.1) is 0 Å². The molecule has 0 saturated heterocycles. The first-order valence-corrected chi connectivity index (χ1v) is 7.62. The van der Waals surface area contributed by atoms with Crippen LogP contribution in [0.5, 0.6) is 0 Å². The predicted molar refractivity (Wildman–Crippen MR) is 82.4 cm³/mol. The first-order valence-electron chi connectivity index (χ1n) is 7.62. The number of nitrogens with one attached hydrogen (secondary N) is 1. The summed E-state index contributed by atoms with van der Waals surface area (Å²) >= 11 is 0. The molecule has 0 aliphatic heterocycles. The van der Waals surface area contributed by atoms with E-state index in [1.807, 2.05) is 24.3 Å². The van der Waals surface area contributed by atoms with Crippen molar-refractivity contribution in [2.24, 2.45) is 17.1 Å². The molecule has 3 N–H and O–H groups in total. The summed E-state index contributed by atoms with van der Waals surface area (Å²) in [5.74, 6) is 0.722. The Morgan fingerprint density at radius 1 is 1.30 bits per heavy atom. The maximum Gasteiger partial charge on any atom is 0.251 e. The molecule has 1 aliphatic rings. The number of hydrogen-bond donors (Lipinski definition) is 2. The van der Waals surface area contributed by atoms with Gasteiger partial charge in [0.2, 0.25) is 0 Å². The fraction of sp³-hybridized carbons (Fsp3) is 0.588. The zero-order chi connectivity index (χ0) is 14.6.